The van der Waals surface area contributed by atoms with Gasteiger partial charge in [0.15, 0.2) is 0 Å². The van der Waals surface area contributed by atoms with E-state index in [4.69, 9.17) is 27.8 Å². The Morgan fingerprint density at radius 3 is 2.53 bits per heavy atom. The third kappa shape index (κ3) is 2.93. The fourth-order valence-electron chi connectivity index (χ4n) is 1.51. The monoisotopic (exact) mass is 273 g/mol. The molecule has 1 saturated heterocycles. The molecule has 0 amide bonds. The standard InChI is InChI=1S/C14H22BNO3/c1-10(2)17-12-8-7-11(9-16-12)15-18-13(3,4)14(5,6)19-15/h7-10H,1-6H3/i1D3,2D3,7D,8D,9D,10D. The Morgan fingerprint density at radius 1 is 1.32 bits per heavy atom. The fraction of sp³-hybridized carbons (Fsp3) is 0.643. The first-order chi connectivity index (χ1) is 12.8. The van der Waals surface area contributed by atoms with Crippen molar-refractivity contribution in [2.75, 3.05) is 0 Å². The molecule has 2 rings (SSSR count). The van der Waals surface area contributed by atoms with E-state index in [2.05, 4.69) is 4.98 Å². The van der Waals surface area contributed by atoms with Gasteiger partial charge in [-0.1, -0.05) is 6.04 Å². The third-order valence-corrected chi connectivity index (χ3v) is 3.27. The van der Waals surface area contributed by atoms with Gasteiger partial charge in [0, 0.05) is 19.9 Å². The SMILES string of the molecule is [2H]c1nc(OC([2H])(C([2H])([2H])[2H])C([2H])([2H])[2H])c([2H])c([2H])c1B1OC(C)(C)C(C)(C)O1. The largest absolute Gasteiger partial charge is 0.496 e. The van der Waals surface area contributed by atoms with Gasteiger partial charge in [-0.2, -0.15) is 0 Å². The van der Waals surface area contributed by atoms with Crippen molar-refractivity contribution in [3.63, 3.8) is 0 Å². The van der Waals surface area contributed by atoms with Crippen LogP contribution in [0.15, 0.2) is 18.3 Å². The van der Waals surface area contributed by atoms with E-state index in [1.54, 1.807) is 27.7 Å². The van der Waals surface area contributed by atoms with Crippen LogP contribution in [0, 0.1) is 0 Å². The lowest BCUT2D eigenvalue weighted by Gasteiger charge is -2.32. The van der Waals surface area contributed by atoms with Crippen molar-refractivity contribution >= 4 is 12.6 Å². The van der Waals surface area contributed by atoms with E-state index >= 15 is 0 Å². The second-order valence-corrected chi connectivity index (χ2v) is 5.21. The highest BCUT2D eigenvalue weighted by Gasteiger charge is 2.51. The summed E-state index contributed by atoms with van der Waals surface area (Å²) in [5.74, 6) is -0.914. The summed E-state index contributed by atoms with van der Waals surface area (Å²) >= 11 is 0. The van der Waals surface area contributed by atoms with Crippen LogP contribution >= 0.6 is 0 Å². The molecular formula is C14H22BNO3. The van der Waals surface area contributed by atoms with Crippen LogP contribution in [0.25, 0.3) is 0 Å². The summed E-state index contributed by atoms with van der Waals surface area (Å²) in [6.45, 7) is 0.200. The minimum absolute atomic E-state index is 0.181. The van der Waals surface area contributed by atoms with Crippen LogP contribution in [0.1, 0.15) is 55.1 Å². The van der Waals surface area contributed by atoms with Gasteiger partial charge in [0.05, 0.1) is 22.8 Å². The van der Waals surface area contributed by atoms with Gasteiger partial charge in [0.2, 0.25) is 5.88 Å². The maximum Gasteiger partial charge on any atom is 0.496 e. The molecule has 0 aliphatic carbocycles. The van der Waals surface area contributed by atoms with Crippen molar-refractivity contribution in [3.8, 4) is 5.88 Å². The van der Waals surface area contributed by atoms with Crippen molar-refractivity contribution < 1.29 is 27.8 Å². The minimum Gasteiger partial charge on any atom is -0.475 e. The molecule has 0 spiro atoms. The van der Waals surface area contributed by atoms with E-state index in [1.165, 1.54) is 0 Å². The fourth-order valence-corrected chi connectivity index (χ4v) is 1.51. The van der Waals surface area contributed by atoms with Crippen molar-refractivity contribution in [2.24, 2.45) is 0 Å². The molecule has 5 heteroatoms. The van der Waals surface area contributed by atoms with E-state index in [0.717, 1.165) is 0 Å². The molecule has 0 unspecified atom stereocenters. The van der Waals surface area contributed by atoms with E-state index < -0.39 is 62.2 Å². The van der Waals surface area contributed by atoms with E-state index in [9.17, 15) is 0 Å². The zero-order chi connectivity index (χ0) is 22.8. The van der Waals surface area contributed by atoms with Crippen LogP contribution in [0.5, 0.6) is 5.88 Å². The molecule has 1 aliphatic heterocycles. The number of nitrogens with zero attached hydrogens (tertiary/aromatic N) is 1. The average Bonchev–Trinajstić information content (AvgIpc) is 2.70. The average molecular weight is 273 g/mol. The molecule has 0 N–H and O–H groups in total. The number of aromatic nitrogens is 1. The molecular weight excluding hydrogens is 241 g/mol. The molecule has 4 nitrogen and oxygen atoms in total. The normalized spacial score (nSPS) is 30.4. The summed E-state index contributed by atoms with van der Waals surface area (Å²) < 4.78 is 92.9. The lowest BCUT2D eigenvalue weighted by molar-refractivity contribution is 0.00578. The molecule has 0 radical (unpaired) electrons. The zero-order valence-electron chi connectivity index (χ0n) is 21.2. The maximum atomic E-state index is 8.19. The second kappa shape index (κ2) is 4.80. The quantitative estimate of drug-likeness (QED) is 0.791. The number of ether oxygens (including phenoxy) is 1. The first kappa shape index (κ1) is 6.14. The Morgan fingerprint density at radius 2 is 1.95 bits per heavy atom. The Kier molecular flexibility index (Phi) is 1.55. The van der Waals surface area contributed by atoms with E-state index in [-0.39, 0.29) is 5.46 Å². The first-order valence-corrected chi connectivity index (χ1v) is 5.77. The Bertz CT molecular complexity index is 778. The number of hydrogen-bond acceptors (Lipinski definition) is 4. The zero-order valence-corrected chi connectivity index (χ0v) is 11.2. The third-order valence-electron chi connectivity index (χ3n) is 3.27. The summed E-state index contributed by atoms with van der Waals surface area (Å²) in [6.07, 6.45) is -4.05. The Balaban J connectivity index is 2.53. The molecule has 1 fully saturated rings. The minimum atomic E-state index is -3.44. The number of rotatable bonds is 3. The van der Waals surface area contributed by atoms with Crippen LogP contribution < -0.4 is 10.2 Å². The molecule has 0 atom stereocenters. The highest BCUT2D eigenvalue weighted by atomic mass is 16.7. The van der Waals surface area contributed by atoms with Gasteiger partial charge >= 0.3 is 7.12 Å². The Hall–Kier alpha value is -1.07. The van der Waals surface area contributed by atoms with Gasteiger partial charge in [0.25, 0.3) is 0 Å². The summed E-state index contributed by atoms with van der Waals surface area (Å²) in [5.41, 5.74) is -1.75. The summed E-state index contributed by atoms with van der Waals surface area (Å²) in [5, 5.41) is 0. The van der Waals surface area contributed by atoms with Crippen molar-refractivity contribution in [3.05, 3.63) is 18.3 Å². The molecule has 0 saturated carbocycles. The topological polar surface area (TPSA) is 40.6 Å². The molecule has 0 bridgehead atoms. The van der Waals surface area contributed by atoms with E-state index in [1.807, 2.05) is 0 Å². The highest BCUT2D eigenvalue weighted by molar-refractivity contribution is 6.62. The van der Waals surface area contributed by atoms with Crippen LogP contribution in [-0.4, -0.2) is 29.4 Å². The van der Waals surface area contributed by atoms with Crippen molar-refractivity contribution in [1.82, 2.24) is 4.98 Å². The lowest BCUT2D eigenvalue weighted by Crippen LogP contribution is -2.41. The van der Waals surface area contributed by atoms with Gasteiger partial charge in [0.1, 0.15) is 0 Å². The van der Waals surface area contributed by atoms with Crippen LogP contribution in [-0.2, 0) is 9.31 Å². The number of pyridine rings is 1. The molecule has 19 heavy (non-hydrogen) atoms. The van der Waals surface area contributed by atoms with Crippen molar-refractivity contribution in [2.45, 2.75) is 58.7 Å². The maximum absolute atomic E-state index is 8.19. The second-order valence-electron chi connectivity index (χ2n) is 5.21. The van der Waals surface area contributed by atoms with Gasteiger partial charge < -0.3 is 14.0 Å². The van der Waals surface area contributed by atoms with E-state index in [0.29, 0.717) is 0 Å². The highest BCUT2D eigenvalue weighted by Crippen LogP contribution is 2.36. The molecule has 2 heterocycles. The Labute approximate surface area is 129 Å². The van der Waals surface area contributed by atoms with Crippen molar-refractivity contribution in [1.29, 1.82) is 0 Å². The lowest BCUT2D eigenvalue weighted by atomic mass is 9.80. The molecule has 1 aromatic rings. The summed E-state index contributed by atoms with van der Waals surface area (Å²) in [7, 11) is -1.18. The van der Waals surface area contributed by atoms with Gasteiger partial charge in [-0.05, 0) is 47.4 Å². The van der Waals surface area contributed by atoms with Gasteiger partial charge in [-0.3, -0.25) is 0 Å². The molecule has 104 valence electrons. The molecule has 0 aromatic carbocycles. The van der Waals surface area contributed by atoms with Crippen LogP contribution in [0.3, 0.4) is 0 Å². The first-order valence-electron chi connectivity index (χ1n) is 10.8. The predicted octanol–water partition coefficient (Wildman–Crippen LogP) is 2.17. The van der Waals surface area contributed by atoms with Gasteiger partial charge in [-0.25, -0.2) is 4.98 Å². The van der Waals surface area contributed by atoms with Crippen LogP contribution in [0.4, 0.5) is 0 Å². The summed E-state index contributed by atoms with van der Waals surface area (Å²) in [4.78, 5) is 3.64. The number of hydrogen-bond donors (Lipinski definition) is 0. The predicted molar refractivity (Wildman–Crippen MR) is 75.7 cm³/mol. The van der Waals surface area contributed by atoms with Gasteiger partial charge in [-0.15, -0.1) is 0 Å². The summed E-state index contributed by atoms with van der Waals surface area (Å²) in [6, 6.07) is -1.38. The molecule has 1 aliphatic rings. The molecule has 1 aromatic heterocycles. The smallest absolute Gasteiger partial charge is 0.475 e. The van der Waals surface area contributed by atoms with Crippen LogP contribution in [0.2, 0.25) is 0 Å².